The number of nitrogens with one attached hydrogen (secondary N) is 1. The van der Waals surface area contributed by atoms with Gasteiger partial charge in [-0.05, 0) is 122 Å². The third kappa shape index (κ3) is 60.8. The zero-order valence-corrected chi connectivity index (χ0v) is 53.8. The highest BCUT2D eigenvalue weighted by atomic mass is 31.2. The summed E-state index contributed by atoms with van der Waals surface area (Å²) in [5.74, 6) is -0.590. The molecular weight excluding hydrogens is 1020 g/mol. The second-order valence-electron chi connectivity index (χ2n) is 22.9. The standard InChI is InChI=1S/C71H123N2O7P/c1-7-10-13-16-19-22-25-27-29-31-33-34-35-36-37-38-40-41-43-45-48-51-54-57-60-63-70(74)72-68(67-79-81(76,77)78-66-65-73(4,5)6)69(62-59-56-53-50-47-24-21-18-15-12-9-3)80-71(75)64-61-58-55-52-49-46-44-42-39-32-30-28-26-23-20-17-14-11-8-2/h10,13,19-20,22-23,27-30,33-34,36-37,39,42,46,49,59,62,68-69H,7-9,11-12,14-18,21,24-26,31-32,35,38,40-41,43-45,47-48,50-58,60-61,63-67H2,1-6H3,(H-,72,74,76,77)/b13-10-,22-19-,23-20-,29-27-,30-28-,34-33-,37-36-,42-39-,49-46-,62-59-. The fourth-order valence-electron chi connectivity index (χ4n) is 8.83. The van der Waals surface area contributed by atoms with Gasteiger partial charge in [-0.15, -0.1) is 0 Å². The molecule has 0 aromatic rings. The van der Waals surface area contributed by atoms with E-state index in [2.05, 4.69) is 135 Å². The molecule has 9 nitrogen and oxygen atoms in total. The summed E-state index contributed by atoms with van der Waals surface area (Å²) in [6.45, 7) is 6.66. The van der Waals surface area contributed by atoms with Gasteiger partial charge in [-0.2, -0.15) is 0 Å². The Morgan fingerprint density at radius 2 is 0.790 bits per heavy atom. The Balaban J connectivity index is 5.19. The molecule has 0 rings (SSSR count). The van der Waals surface area contributed by atoms with E-state index in [4.69, 9.17) is 13.8 Å². The molecule has 0 saturated heterocycles. The first-order valence-corrected chi connectivity index (χ1v) is 34.3. The Kier molecular flexibility index (Phi) is 56.9. The Hall–Kier alpha value is -3.59. The highest BCUT2D eigenvalue weighted by Gasteiger charge is 2.27. The molecule has 3 unspecified atom stereocenters. The Bertz CT molecular complexity index is 1800. The average molecular weight is 1150 g/mol. The van der Waals surface area contributed by atoms with Crippen molar-refractivity contribution >= 4 is 19.7 Å². The van der Waals surface area contributed by atoms with Crippen molar-refractivity contribution < 1.29 is 37.3 Å². The molecule has 0 saturated carbocycles. The number of amides is 1. The Labute approximate surface area is 499 Å². The van der Waals surface area contributed by atoms with Crippen molar-refractivity contribution in [3.05, 3.63) is 122 Å². The number of ether oxygens (including phenoxy) is 1. The largest absolute Gasteiger partial charge is 0.756 e. The third-order valence-electron chi connectivity index (χ3n) is 13.9. The lowest BCUT2D eigenvalue weighted by atomic mass is 10.0. The predicted octanol–water partition coefficient (Wildman–Crippen LogP) is 20.0. The predicted molar refractivity (Wildman–Crippen MR) is 348 cm³/mol. The first-order valence-electron chi connectivity index (χ1n) is 32.8. The van der Waals surface area contributed by atoms with Crippen LogP contribution in [0.15, 0.2) is 122 Å². The molecular formula is C71H123N2O7P. The first-order chi connectivity index (χ1) is 39.4. The number of quaternary nitrogens is 1. The topological polar surface area (TPSA) is 114 Å². The summed E-state index contributed by atoms with van der Waals surface area (Å²) in [7, 11) is 1.15. The lowest BCUT2D eigenvalue weighted by Crippen LogP contribution is -2.47. The van der Waals surface area contributed by atoms with Crippen LogP contribution >= 0.6 is 7.82 Å². The number of esters is 1. The number of carbonyl (C=O) groups excluding carboxylic acids is 2. The highest BCUT2D eigenvalue weighted by Crippen LogP contribution is 2.38. The van der Waals surface area contributed by atoms with E-state index in [1.54, 1.807) is 0 Å². The quantitative estimate of drug-likeness (QED) is 0.0212. The molecule has 1 N–H and O–H groups in total. The van der Waals surface area contributed by atoms with Gasteiger partial charge in [-0.3, -0.25) is 14.2 Å². The SMILES string of the molecule is CC/C=C\C/C=C\C/C=C\C/C=C\C/C=C\CCCCCCCCCCCC(=O)NC(COP(=O)([O-])OCC[N+](C)(C)C)C(/C=C\CCCCCCCCCCC)OC(=O)CCCCC/C=C\C/C=C\C/C=C\C/C=C\CCCCC. The number of phosphoric ester groups is 1. The van der Waals surface area contributed by atoms with Crippen LogP contribution in [0.2, 0.25) is 0 Å². The molecule has 0 aromatic carbocycles. The lowest BCUT2D eigenvalue weighted by Gasteiger charge is -2.30. The van der Waals surface area contributed by atoms with Gasteiger partial charge in [-0.1, -0.05) is 252 Å². The van der Waals surface area contributed by atoms with Gasteiger partial charge < -0.3 is 28.5 Å². The van der Waals surface area contributed by atoms with Gasteiger partial charge in [0.2, 0.25) is 5.91 Å². The maximum atomic E-state index is 13.6. The Morgan fingerprint density at radius 1 is 0.444 bits per heavy atom. The van der Waals surface area contributed by atoms with Crippen molar-refractivity contribution in [3.8, 4) is 0 Å². The van der Waals surface area contributed by atoms with Crippen LogP contribution in [0.5, 0.6) is 0 Å². The van der Waals surface area contributed by atoms with Crippen molar-refractivity contribution in [3.63, 3.8) is 0 Å². The maximum Gasteiger partial charge on any atom is 0.306 e. The number of carbonyl (C=O) groups is 2. The van der Waals surface area contributed by atoms with E-state index in [1.165, 1.54) is 103 Å². The number of rotatable bonds is 58. The second kappa shape index (κ2) is 59.6. The molecule has 0 aromatic heterocycles. The average Bonchev–Trinajstić information content (AvgIpc) is 3.44. The van der Waals surface area contributed by atoms with Crippen molar-refractivity contribution in [2.24, 2.45) is 0 Å². The second-order valence-corrected chi connectivity index (χ2v) is 24.3. The van der Waals surface area contributed by atoms with E-state index in [0.717, 1.165) is 122 Å². The molecule has 81 heavy (non-hydrogen) atoms. The van der Waals surface area contributed by atoms with Crippen LogP contribution in [-0.2, 0) is 27.9 Å². The molecule has 0 aliphatic carbocycles. The summed E-state index contributed by atoms with van der Waals surface area (Å²) in [5.41, 5.74) is 0. The molecule has 0 bridgehead atoms. The summed E-state index contributed by atoms with van der Waals surface area (Å²) < 4.78 is 30.3. The molecule has 0 spiro atoms. The lowest BCUT2D eigenvalue weighted by molar-refractivity contribution is -0.870. The minimum atomic E-state index is -4.72. The number of phosphoric acid groups is 1. The number of hydrogen-bond donors (Lipinski definition) is 1. The van der Waals surface area contributed by atoms with Gasteiger partial charge in [-0.25, -0.2) is 0 Å². The van der Waals surface area contributed by atoms with E-state index in [0.29, 0.717) is 23.9 Å². The molecule has 0 fully saturated rings. The van der Waals surface area contributed by atoms with Crippen molar-refractivity contribution in [2.45, 2.75) is 277 Å². The van der Waals surface area contributed by atoms with Crippen LogP contribution in [-0.4, -0.2) is 69.4 Å². The van der Waals surface area contributed by atoms with Crippen LogP contribution in [0.3, 0.4) is 0 Å². The van der Waals surface area contributed by atoms with Crippen LogP contribution in [0.1, 0.15) is 265 Å². The van der Waals surface area contributed by atoms with Crippen LogP contribution in [0, 0.1) is 0 Å². The molecule has 3 atom stereocenters. The van der Waals surface area contributed by atoms with Crippen molar-refractivity contribution in [1.29, 1.82) is 0 Å². The van der Waals surface area contributed by atoms with Gasteiger partial charge in [0, 0.05) is 12.8 Å². The molecule has 0 aliphatic heterocycles. The van der Waals surface area contributed by atoms with Crippen LogP contribution in [0.4, 0.5) is 0 Å². The fourth-order valence-corrected chi connectivity index (χ4v) is 9.55. The van der Waals surface area contributed by atoms with E-state index < -0.39 is 26.6 Å². The van der Waals surface area contributed by atoms with Crippen LogP contribution < -0.4 is 10.2 Å². The minimum Gasteiger partial charge on any atom is -0.756 e. The van der Waals surface area contributed by atoms with Gasteiger partial charge in [0.15, 0.2) is 0 Å². The summed E-state index contributed by atoms with van der Waals surface area (Å²) >= 11 is 0. The number of unbranched alkanes of at least 4 members (excludes halogenated alkanes) is 24. The summed E-state index contributed by atoms with van der Waals surface area (Å²) in [4.78, 5) is 40.0. The maximum absolute atomic E-state index is 13.6. The minimum absolute atomic E-state index is 0.0351. The summed E-state index contributed by atoms with van der Waals surface area (Å²) in [6, 6.07) is -0.913. The monoisotopic (exact) mass is 1150 g/mol. The molecule has 1 amide bonds. The molecule has 0 heterocycles. The van der Waals surface area contributed by atoms with Crippen LogP contribution in [0.25, 0.3) is 0 Å². The van der Waals surface area contributed by atoms with Crippen molar-refractivity contribution in [1.82, 2.24) is 5.32 Å². The third-order valence-corrected chi connectivity index (χ3v) is 14.8. The normalized spacial score (nSPS) is 14.4. The highest BCUT2D eigenvalue weighted by molar-refractivity contribution is 7.45. The van der Waals surface area contributed by atoms with Gasteiger partial charge in [0.25, 0.3) is 7.82 Å². The zero-order chi connectivity index (χ0) is 59.3. The summed E-state index contributed by atoms with van der Waals surface area (Å²) in [5, 5.41) is 3.02. The Morgan fingerprint density at radius 3 is 1.22 bits per heavy atom. The smallest absolute Gasteiger partial charge is 0.306 e. The number of nitrogens with zero attached hydrogens (tertiary/aromatic N) is 1. The van der Waals surface area contributed by atoms with Gasteiger partial charge >= 0.3 is 5.97 Å². The van der Waals surface area contributed by atoms with Gasteiger partial charge in [0.1, 0.15) is 19.3 Å². The fraction of sp³-hybridized carbons (Fsp3) is 0.690. The zero-order valence-electron chi connectivity index (χ0n) is 52.9. The van der Waals surface area contributed by atoms with Crippen molar-refractivity contribution in [2.75, 3.05) is 40.9 Å². The molecule has 464 valence electrons. The first kappa shape index (κ1) is 77.4. The van der Waals surface area contributed by atoms with Gasteiger partial charge in [0.05, 0.1) is 33.8 Å². The molecule has 0 aliphatic rings. The number of likely N-dealkylation sites (N-methyl/N-ethyl adjacent to an activating group) is 1. The van der Waals surface area contributed by atoms with E-state index in [-0.39, 0.29) is 24.9 Å². The van der Waals surface area contributed by atoms with E-state index in [9.17, 15) is 19.0 Å². The molecule has 0 radical (unpaired) electrons. The van der Waals surface area contributed by atoms with E-state index >= 15 is 0 Å². The summed E-state index contributed by atoms with van der Waals surface area (Å²) in [6.07, 6.45) is 83.1. The molecule has 10 heteroatoms. The number of hydrogen-bond acceptors (Lipinski definition) is 7. The number of allylic oxidation sites excluding steroid dienone is 19. The van der Waals surface area contributed by atoms with E-state index in [1.807, 2.05) is 33.3 Å².